The topological polar surface area (TPSA) is 54.7 Å². The number of ether oxygens (including phenoxy) is 1. The highest BCUT2D eigenvalue weighted by molar-refractivity contribution is 5.77. The van der Waals surface area contributed by atoms with Gasteiger partial charge in [-0.25, -0.2) is 0 Å². The van der Waals surface area contributed by atoms with Crippen LogP contribution in [0.2, 0.25) is 0 Å². The predicted molar refractivity (Wildman–Crippen MR) is 90.5 cm³/mol. The van der Waals surface area contributed by atoms with Crippen molar-refractivity contribution in [2.24, 2.45) is 0 Å². The molecule has 1 unspecified atom stereocenters. The lowest BCUT2D eigenvalue weighted by atomic mass is 10.1. The summed E-state index contributed by atoms with van der Waals surface area (Å²) < 4.78 is 11.5. The van der Waals surface area contributed by atoms with Crippen molar-refractivity contribution in [3.63, 3.8) is 0 Å². The highest BCUT2D eigenvalue weighted by Crippen LogP contribution is 2.29. The van der Waals surface area contributed by atoms with Gasteiger partial charge in [0.2, 0.25) is 5.91 Å². The van der Waals surface area contributed by atoms with Gasteiger partial charge in [-0.3, -0.25) is 4.79 Å². The van der Waals surface area contributed by atoms with Crippen molar-refractivity contribution in [2.75, 3.05) is 26.3 Å². The monoisotopic (exact) mass is 326 g/mol. The van der Waals surface area contributed by atoms with Gasteiger partial charge in [-0.1, -0.05) is 30.3 Å². The first-order valence-electron chi connectivity index (χ1n) is 8.55. The molecular formula is C19H22N2O3. The lowest BCUT2D eigenvalue weighted by Crippen LogP contribution is -2.45. The second-order valence-corrected chi connectivity index (χ2v) is 6.42. The number of hydrogen-bond donors (Lipinski definition) is 1. The molecule has 5 nitrogen and oxygen atoms in total. The number of morpholine rings is 1. The van der Waals surface area contributed by atoms with Gasteiger partial charge in [0.25, 0.3) is 0 Å². The number of furan rings is 1. The molecule has 0 spiro atoms. The van der Waals surface area contributed by atoms with Crippen LogP contribution in [0.3, 0.4) is 0 Å². The SMILES string of the molecule is O=C(CC1COCCN1)N1CCc2cc(-c3ccccc3)oc2C1. The average molecular weight is 326 g/mol. The second-order valence-electron chi connectivity index (χ2n) is 6.42. The highest BCUT2D eigenvalue weighted by Gasteiger charge is 2.26. The van der Waals surface area contributed by atoms with E-state index < -0.39 is 0 Å². The Bertz CT molecular complexity index is 705. The molecule has 5 heteroatoms. The highest BCUT2D eigenvalue weighted by atomic mass is 16.5. The third-order valence-corrected chi connectivity index (χ3v) is 4.71. The largest absolute Gasteiger partial charge is 0.459 e. The first kappa shape index (κ1) is 15.4. The number of fused-ring (bicyclic) bond motifs is 1. The van der Waals surface area contributed by atoms with Crippen molar-refractivity contribution in [3.05, 3.63) is 47.7 Å². The zero-order chi connectivity index (χ0) is 16.4. The first-order chi connectivity index (χ1) is 11.8. The maximum Gasteiger partial charge on any atom is 0.224 e. The van der Waals surface area contributed by atoms with E-state index in [-0.39, 0.29) is 11.9 Å². The van der Waals surface area contributed by atoms with Crippen LogP contribution < -0.4 is 5.32 Å². The summed E-state index contributed by atoms with van der Waals surface area (Å²) in [5.74, 6) is 1.97. The van der Waals surface area contributed by atoms with Gasteiger partial charge in [-0.2, -0.15) is 0 Å². The van der Waals surface area contributed by atoms with Crippen LogP contribution in [-0.2, 0) is 22.5 Å². The molecule has 2 aliphatic rings. The van der Waals surface area contributed by atoms with Crippen molar-refractivity contribution < 1.29 is 13.9 Å². The number of hydrogen-bond acceptors (Lipinski definition) is 4. The van der Waals surface area contributed by atoms with Crippen LogP contribution in [-0.4, -0.2) is 43.2 Å². The molecule has 1 amide bonds. The minimum atomic E-state index is 0.129. The Balaban J connectivity index is 1.43. The molecular weight excluding hydrogens is 304 g/mol. The van der Waals surface area contributed by atoms with Gasteiger partial charge >= 0.3 is 0 Å². The summed E-state index contributed by atoms with van der Waals surface area (Å²) in [4.78, 5) is 14.4. The third-order valence-electron chi connectivity index (χ3n) is 4.71. The Labute approximate surface area is 141 Å². The van der Waals surface area contributed by atoms with Gasteiger partial charge in [-0.05, 0) is 18.1 Å². The molecule has 1 aromatic heterocycles. The fraction of sp³-hybridized carbons (Fsp3) is 0.421. The summed E-state index contributed by atoms with van der Waals surface area (Å²) in [7, 11) is 0. The third kappa shape index (κ3) is 3.23. The minimum absolute atomic E-state index is 0.129. The van der Waals surface area contributed by atoms with E-state index in [1.807, 2.05) is 35.2 Å². The van der Waals surface area contributed by atoms with E-state index in [0.29, 0.717) is 19.6 Å². The molecule has 0 aliphatic carbocycles. The lowest BCUT2D eigenvalue weighted by molar-refractivity contribution is -0.133. The number of amides is 1. The Hall–Kier alpha value is -2.11. The standard InChI is InChI=1S/C19H22N2O3/c22-19(11-16-13-23-9-7-20-16)21-8-6-15-10-17(24-18(15)12-21)14-4-2-1-3-5-14/h1-5,10,16,20H,6-9,11-13H2. The first-order valence-corrected chi connectivity index (χ1v) is 8.55. The summed E-state index contributed by atoms with van der Waals surface area (Å²) in [5, 5.41) is 3.34. The van der Waals surface area contributed by atoms with Crippen molar-refractivity contribution in [1.82, 2.24) is 10.2 Å². The molecule has 1 N–H and O–H groups in total. The zero-order valence-electron chi connectivity index (χ0n) is 13.7. The van der Waals surface area contributed by atoms with Gasteiger partial charge in [0.1, 0.15) is 11.5 Å². The van der Waals surface area contributed by atoms with Crippen molar-refractivity contribution in [2.45, 2.75) is 25.4 Å². The summed E-state index contributed by atoms with van der Waals surface area (Å²) in [6.07, 6.45) is 1.34. The summed E-state index contributed by atoms with van der Waals surface area (Å²) in [6.45, 7) is 3.48. The molecule has 24 heavy (non-hydrogen) atoms. The maximum absolute atomic E-state index is 12.5. The normalized spacial score (nSPS) is 20.7. The van der Waals surface area contributed by atoms with Crippen molar-refractivity contribution >= 4 is 5.91 Å². The predicted octanol–water partition coefficient (Wildman–Crippen LogP) is 2.21. The van der Waals surface area contributed by atoms with E-state index in [1.165, 1.54) is 5.56 Å². The summed E-state index contributed by atoms with van der Waals surface area (Å²) >= 11 is 0. The van der Waals surface area contributed by atoms with Crippen LogP contribution in [0.5, 0.6) is 0 Å². The molecule has 0 radical (unpaired) electrons. The van der Waals surface area contributed by atoms with Crippen LogP contribution in [0, 0.1) is 0 Å². The molecule has 3 heterocycles. The number of nitrogens with zero attached hydrogens (tertiary/aromatic N) is 1. The molecule has 0 bridgehead atoms. The van der Waals surface area contributed by atoms with Gasteiger partial charge in [0.05, 0.1) is 19.8 Å². The number of carbonyl (C=O) groups excluding carboxylic acids is 1. The van der Waals surface area contributed by atoms with Gasteiger partial charge in [-0.15, -0.1) is 0 Å². The van der Waals surface area contributed by atoms with E-state index in [0.717, 1.165) is 43.2 Å². The molecule has 0 saturated carbocycles. The van der Waals surface area contributed by atoms with E-state index in [2.05, 4.69) is 11.4 Å². The molecule has 1 fully saturated rings. The number of nitrogens with one attached hydrogen (secondary N) is 1. The Kier molecular flexibility index (Phi) is 4.36. The van der Waals surface area contributed by atoms with Crippen LogP contribution in [0.4, 0.5) is 0 Å². The maximum atomic E-state index is 12.5. The minimum Gasteiger partial charge on any atom is -0.459 e. The molecule has 1 atom stereocenters. The Morgan fingerprint density at radius 3 is 2.96 bits per heavy atom. The molecule has 4 rings (SSSR count). The van der Waals surface area contributed by atoms with E-state index >= 15 is 0 Å². The van der Waals surface area contributed by atoms with Crippen LogP contribution in [0.25, 0.3) is 11.3 Å². The molecule has 1 saturated heterocycles. The smallest absolute Gasteiger partial charge is 0.224 e. The van der Waals surface area contributed by atoms with Crippen molar-refractivity contribution in [3.8, 4) is 11.3 Å². The quantitative estimate of drug-likeness (QED) is 0.940. The van der Waals surface area contributed by atoms with E-state index in [1.54, 1.807) is 0 Å². The van der Waals surface area contributed by atoms with Crippen molar-refractivity contribution in [1.29, 1.82) is 0 Å². The lowest BCUT2D eigenvalue weighted by Gasteiger charge is -2.29. The molecule has 1 aromatic carbocycles. The van der Waals surface area contributed by atoms with Crippen LogP contribution in [0.1, 0.15) is 17.7 Å². The van der Waals surface area contributed by atoms with Gasteiger partial charge < -0.3 is 19.4 Å². The average Bonchev–Trinajstić information content (AvgIpc) is 3.06. The fourth-order valence-corrected chi connectivity index (χ4v) is 3.37. The fourth-order valence-electron chi connectivity index (χ4n) is 3.37. The number of rotatable bonds is 3. The van der Waals surface area contributed by atoms with Gasteiger partial charge in [0.15, 0.2) is 0 Å². The Morgan fingerprint density at radius 1 is 1.29 bits per heavy atom. The summed E-state index contributed by atoms with van der Waals surface area (Å²) in [5.41, 5.74) is 2.30. The molecule has 2 aliphatic heterocycles. The second kappa shape index (κ2) is 6.79. The van der Waals surface area contributed by atoms with Crippen LogP contribution in [0.15, 0.2) is 40.8 Å². The van der Waals surface area contributed by atoms with Crippen LogP contribution >= 0.6 is 0 Å². The molecule has 126 valence electrons. The van der Waals surface area contributed by atoms with E-state index in [9.17, 15) is 4.79 Å². The molecule has 2 aromatic rings. The summed E-state index contributed by atoms with van der Waals surface area (Å²) in [6, 6.07) is 12.3. The number of benzene rings is 1. The van der Waals surface area contributed by atoms with E-state index in [4.69, 9.17) is 9.15 Å². The zero-order valence-corrected chi connectivity index (χ0v) is 13.7. The van der Waals surface area contributed by atoms with Gasteiger partial charge in [0, 0.05) is 31.1 Å². The number of carbonyl (C=O) groups is 1. The Morgan fingerprint density at radius 2 is 2.17 bits per heavy atom.